The van der Waals surface area contributed by atoms with E-state index in [1.165, 1.54) is 4.90 Å². The van der Waals surface area contributed by atoms with Crippen LogP contribution in [0.15, 0.2) is 30.0 Å². The zero-order valence-electron chi connectivity index (χ0n) is 14.3. The van der Waals surface area contributed by atoms with Gasteiger partial charge < -0.3 is 21.1 Å². The Balaban J connectivity index is 1.91. The van der Waals surface area contributed by atoms with E-state index in [0.29, 0.717) is 18.5 Å². The molecule has 2 amide bonds. The number of piperidine rings is 1. The van der Waals surface area contributed by atoms with Crippen LogP contribution in [-0.2, 0) is 16.0 Å². The normalized spacial score (nSPS) is 15.5. The molecule has 9 heteroatoms. The predicted molar refractivity (Wildman–Crippen MR) is 91.1 cm³/mol. The standard InChI is InChI=1S/C17H22F2N4O3/c18-15(19)11-6-8-23(9-7-11)16(24)14(26-17(21)25)3-1-2-13-5-4-12(20)10-22-13/h4-5,10,14H,1-3,6-9,20H2,(H2,21,25). The minimum atomic E-state index is -1.68. The first kappa shape index (κ1) is 19.6. The number of anilines is 1. The number of hydrogen-bond acceptors (Lipinski definition) is 5. The van der Waals surface area contributed by atoms with Crippen LogP contribution in [0.2, 0.25) is 0 Å². The molecule has 26 heavy (non-hydrogen) atoms. The summed E-state index contributed by atoms with van der Waals surface area (Å²) in [4.78, 5) is 29.3. The first-order valence-corrected chi connectivity index (χ1v) is 8.35. The van der Waals surface area contributed by atoms with Crippen LogP contribution in [0.25, 0.3) is 0 Å². The van der Waals surface area contributed by atoms with E-state index < -0.39 is 24.2 Å². The van der Waals surface area contributed by atoms with Gasteiger partial charge in [0.15, 0.2) is 6.10 Å². The average Bonchev–Trinajstić information content (AvgIpc) is 2.61. The number of aryl methyl sites for hydroxylation is 1. The number of carbonyl (C=O) groups excluding carboxylic acids is 2. The third kappa shape index (κ3) is 5.68. The molecule has 0 radical (unpaired) electrons. The van der Waals surface area contributed by atoms with Crippen molar-refractivity contribution < 1.29 is 23.1 Å². The molecule has 4 N–H and O–H groups in total. The summed E-state index contributed by atoms with van der Waals surface area (Å²) < 4.78 is 30.2. The smallest absolute Gasteiger partial charge is 0.405 e. The van der Waals surface area contributed by atoms with E-state index >= 15 is 0 Å². The number of nitrogen functional groups attached to an aromatic ring is 1. The highest BCUT2D eigenvalue weighted by Crippen LogP contribution is 2.23. The molecule has 1 aromatic heterocycles. The summed E-state index contributed by atoms with van der Waals surface area (Å²) >= 11 is 0. The Hall–Kier alpha value is -2.71. The lowest BCUT2D eigenvalue weighted by molar-refractivity contribution is -0.141. The molecule has 1 aliphatic rings. The van der Waals surface area contributed by atoms with Crippen molar-refractivity contribution in [3.8, 4) is 0 Å². The highest BCUT2D eigenvalue weighted by Gasteiger charge is 2.29. The summed E-state index contributed by atoms with van der Waals surface area (Å²) in [5, 5.41) is 0. The molecule has 2 rings (SSSR count). The van der Waals surface area contributed by atoms with Gasteiger partial charge in [0, 0.05) is 18.8 Å². The molecule has 142 valence electrons. The van der Waals surface area contributed by atoms with Crippen LogP contribution >= 0.6 is 0 Å². The number of halogens is 2. The fourth-order valence-corrected chi connectivity index (χ4v) is 2.82. The number of amides is 2. The van der Waals surface area contributed by atoms with Crippen molar-refractivity contribution in [3.05, 3.63) is 35.7 Å². The molecule has 0 aromatic carbocycles. The molecule has 1 unspecified atom stereocenters. The minimum absolute atomic E-state index is 0.0656. The van der Waals surface area contributed by atoms with Crippen molar-refractivity contribution in [1.82, 2.24) is 9.88 Å². The highest BCUT2D eigenvalue weighted by molar-refractivity contribution is 5.83. The van der Waals surface area contributed by atoms with E-state index in [1.54, 1.807) is 18.3 Å². The van der Waals surface area contributed by atoms with Crippen LogP contribution in [0, 0.1) is 0 Å². The topological polar surface area (TPSA) is 112 Å². The van der Waals surface area contributed by atoms with Gasteiger partial charge in [-0.2, -0.15) is 8.78 Å². The van der Waals surface area contributed by atoms with Gasteiger partial charge in [-0.3, -0.25) is 9.78 Å². The molecule has 7 nitrogen and oxygen atoms in total. The first-order valence-electron chi connectivity index (χ1n) is 8.35. The Morgan fingerprint density at radius 3 is 2.50 bits per heavy atom. The number of hydrogen-bond donors (Lipinski definition) is 2. The first-order chi connectivity index (χ1) is 12.4. The number of nitrogens with two attached hydrogens (primary N) is 2. The van der Waals surface area contributed by atoms with E-state index in [4.69, 9.17) is 16.2 Å². The number of ether oxygens (including phenoxy) is 1. The maximum absolute atomic E-state index is 12.6. The number of rotatable bonds is 6. The molecule has 1 fully saturated rings. The zero-order chi connectivity index (χ0) is 19.1. The molecule has 2 heterocycles. The Bertz CT molecular complexity index is 665. The third-order valence-corrected chi connectivity index (χ3v) is 4.23. The van der Waals surface area contributed by atoms with Gasteiger partial charge >= 0.3 is 6.09 Å². The molecular formula is C17H22F2N4O3. The van der Waals surface area contributed by atoms with Crippen LogP contribution < -0.4 is 11.5 Å². The summed E-state index contributed by atoms with van der Waals surface area (Å²) in [5.74, 6) is -0.410. The van der Waals surface area contributed by atoms with Gasteiger partial charge in [0.25, 0.3) is 12.0 Å². The van der Waals surface area contributed by atoms with Crippen molar-refractivity contribution in [2.75, 3.05) is 18.8 Å². The third-order valence-electron chi connectivity index (χ3n) is 4.23. The second-order valence-corrected chi connectivity index (χ2v) is 6.09. The molecule has 1 saturated heterocycles. The average molecular weight is 368 g/mol. The van der Waals surface area contributed by atoms with Crippen molar-refractivity contribution in [2.45, 2.75) is 38.2 Å². The van der Waals surface area contributed by atoms with Gasteiger partial charge in [0.2, 0.25) is 0 Å². The van der Waals surface area contributed by atoms with E-state index in [2.05, 4.69) is 4.98 Å². The van der Waals surface area contributed by atoms with Gasteiger partial charge in [0.1, 0.15) is 0 Å². The SMILES string of the molecule is NC(=O)OC(CCCc1ccc(N)cn1)C(=O)N1CCC(=C(F)F)CC1. The lowest BCUT2D eigenvalue weighted by Crippen LogP contribution is -2.45. The summed E-state index contributed by atoms with van der Waals surface area (Å²) in [6.07, 6.45) is -0.586. The van der Waals surface area contributed by atoms with E-state index in [0.717, 1.165) is 5.69 Å². The summed E-state index contributed by atoms with van der Waals surface area (Å²) in [5.41, 5.74) is 12.1. The Morgan fingerprint density at radius 1 is 1.27 bits per heavy atom. The number of pyridine rings is 1. The minimum Gasteiger partial charge on any atom is -0.436 e. The number of primary amides is 1. The highest BCUT2D eigenvalue weighted by atomic mass is 19.3. The van der Waals surface area contributed by atoms with Gasteiger partial charge in [-0.15, -0.1) is 0 Å². The quantitative estimate of drug-likeness (QED) is 0.800. The molecule has 0 bridgehead atoms. The lowest BCUT2D eigenvalue weighted by Gasteiger charge is -2.30. The number of likely N-dealkylation sites (tertiary alicyclic amines) is 1. The molecule has 0 spiro atoms. The Labute approximate surface area is 150 Å². The molecule has 1 aliphatic heterocycles. The maximum atomic E-state index is 12.6. The van der Waals surface area contributed by atoms with Crippen LogP contribution in [-0.4, -0.2) is 41.1 Å². The molecule has 1 atom stereocenters. The fraction of sp³-hybridized carbons (Fsp3) is 0.471. The second kappa shape index (κ2) is 9.12. The second-order valence-electron chi connectivity index (χ2n) is 6.09. The maximum Gasteiger partial charge on any atom is 0.405 e. The molecule has 0 saturated carbocycles. The van der Waals surface area contributed by atoms with Crippen LogP contribution in [0.1, 0.15) is 31.4 Å². The zero-order valence-corrected chi connectivity index (χ0v) is 14.3. The molecule has 0 aliphatic carbocycles. The predicted octanol–water partition coefficient (Wildman–Crippen LogP) is 2.22. The van der Waals surface area contributed by atoms with Crippen LogP contribution in [0.4, 0.5) is 19.3 Å². The number of nitrogens with zero attached hydrogens (tertiary/aromatic N) is 2. The van der Waals surface area contributed by atoms with E-state index in [-0.39, 0.29) is 37.9 Å². The monoisotopic (exact) mass is 368 g/mol. The number of aromatic nitrogens is 1. The van der Waals surface area contributed by atoms with Crippen molar-refractivity contribution in [2.24, 2.45) is 5.73 Å². The molecular weight excluding hydrogens is 346 g/mol. The Kier molecular flexibility index (Phi) is 6.88. The van der Waals surface area contributed by atoms with Crippen molar-refractivity contribution in [3.63, 3.8) is 0 Å². The summed E-state index contributed by atoms with van der Waals surface area (Å²) in [6, 6.07) is 3.51. The van der Waals surface area contributed by atoms with Crippen LogP contribution in [0.3, 0.4) is 0 Å². The number of carbonyl (C=O) groups is 2. The lowest BCUT2D eigenvalue weighted by atomic mass is 10.0. The van der Waals surface area contributed by atoms with Gasteiger partial charge in [0.05, 0.1) is 11.9 Å². The van der Waals surface area contributed by atoms with Gasteiger partial charge in [-0.05, 0) is 49.8 Å². The largest absolute Gasteiger partial charge is 0.436 e. The van der Waals surface area contributed by atoms with E-state index in [1.807, 2.05) is 0 Å². The van der Waals surface area contributed by atoms with Crippen molar-refractivity contribution in [1.29, 1.82) is 0 Å². The van der Waals surface area contributed by atoms with Gasteiger partial charge in [-0.1, -0.05) is 0 Å². The molecule has 1 aromatic rings. The van der Waals surface area contributed by atoms with Gasteiger partial charge in [-0.25, -0.2) is 4.79 Å². The fourth-order valence-electron chi connectivity index (χ4n) is 2.82. The van der Waals surface area contributed by atoms with Crippen LogP contribution in [0.5, 0.6) is 0 Å². The summed E-state index contributed by atoms with van der Waals surface area (Å²) in [6.45, 7) is 0.341. The Morgan fingerprint density at radius 2 is 1.96 bits per heavy atom. The summed E-state index contributed by atoms with van der Waals surface area (Å²) in [7, 11) is 0. The van der Waals surface area contributed by atoms with E-state index in [9.17, 15) is 18.4 Å². The van der Waals surface area contributed by atoms with Crippen molar-refractivity contribution >= 4 is 17.7 Å².